The number of aromatic nitrogens is 1. The van der Waals surface area contributed by atoms with Gasteiger partial charge in [-0.3, -0.25) is 9.78 Å². The van der Waals surface area contributed by atoms with Gasteiger partial charge in [-0.1, -0.05) is 23.7 Å². The van der Waals surface area contributed by atoms with Gasteiger partial charge < -0.3 is 20.1 Å². The second-order valence-electron chi connectivity index (χ2n) is 8.56. The minimum atomic E-state index is -0.0744. The number of ether oxygens (including phenoxy) is 2. The highest BCUT2D eigenvalue weighted by molar-refractivity contribution is 6.32. The Morgan fingerprint density at radius 1 is 1.03 bits per heavy atom. The summed E-state index contributed by atoms with van der Waals surface area (Å²) in [5.41, 5.74) is 7.31. The smallest absolute Gasteiger partial charge is 0.253 e. The largest absolute Gasteiger partial charge is 0.495 e. The van der Waals surface area contributed by atoms with Crippen LogP contribution >= 0.6 is 11.6 Å². The zero-order valence-corrected chi connectivity index (χ0v) is 20.4. The van der Waals surface area contributed by atoms with Gasteiger partial charge in [0.05, 0.1) is 35.8 Å². The molecule has 0 saturated carbocycles. The van der Waals surface area contributed by atoms with E-state index in [0.717, 1.165) is 57.2 Å². The van der Waals surface area contributed by atoms with Crippen molar-refractivity contribution in [3.05, 3.63) is 93.9 Å². The van der Waals surface area contributed by atoms with Crippen molar-refractivity contribution >= 4 is 34.5 Å². The van der Waals surface area contributed by atoms with Crippen LogP contribution in [0.25, 0.3) is 5.57 Å². The van der Waals surface area contributed by atoms with Crippen LogP contribution < -0.4 is 20.1 Å². The first-order chi connectivity index (χ1) is 17.0. The van der Waals surface area contributed by atoms with Gasteiger partial charge >= 0.3 is 0 Å². The molecule has 1 aromatic heterocycles. The lowest BCUT2D eigenvalue weighted by atomic mass is 9.91. The third-order valence-electron chi connectivity index (χ3n) is 6.29. The van der Waals surface area contributed by atoms with Crippen molar-refractivity contribution in [2.75, 3.05) is 24.4 Å². The molecule has 6 nitrogen and oxygen atoms in total. The number of benzene rings is 2. The Labute approximate surface area is 209 Å². The van der Waals surface area contributed by atoms with Crippen LogP contribution in [0.3, 0.4) is 0 Å². The summed E-state index contributed by atoms with van der Waals surface area (Å²) in [7, 11) is 1.61. The maximum Gasteiger partial charge on any atom is 0.253 e. The van der Waals surface area contributed by atoms with Crippen molar-refractivity contribution in [1.82, 2.24) is 4.98 Å². The van der Waals surface area contributed by atoms with Crippen LogP contribution in [0.5, 0.6) is 11.5 Å². The number of methoxy groups -OCH3 is 1. The summed E-state index contributed by atoms with van der Waals surface area (Å²) in [4.78, 5) is 17.3. The van der Waals surface area contributed by atoms with Crippen LogP contribution in [-0.4, -0.2) is 24.6 Å². The van der Waals surface area contributed by atoms with E-state index in [-0.39, 0.29) is 5.91 Å². The quantitative estimate of drug-likeness (QED) is 0.435. The summed E-state index contributed by atoms with van der Waals surface area (Å²) in [6, 6.07) is 15.6. The lowest BCUT2D eigenvalue weighted by Crippen LogP contribution is -2.17. The van der Waals surface area contributed by atoms with Crippen LogP contribution in [0.4, 0.5) is 11.4 Å². The molecule has 5 rings (SSSR count). The maximum atomic E-state index is 13.0. The fourth-order valence-electron chi connectivity index (χ4n) is 4.37. The van der Waals surface area contributed by atoms with Crippen LogP contribution in [-0.2, 0) is 11.2 Å². The number of anilines is 2. The van der Waals surface area contributed by atoms with E-state index in [0.29, 0.717) is 30.2 Å². The molecular weight excluding hydrogens is 462 g/mol. The molecule has 0 saturated heterocycles. The maximum absolute atomic E-state index is 13.0. The van der Waals surface area contributed by atoms with Crippen LogP contribution in [0, 0.1) is 6.92 Å². The fourth-order valence-corrected chi connectivity index (χ4v) is 4.56. The Balaban J connectivity index is 1.34. The number of carbonyl (C=O) groups is 1. The number of halogens is 1. The highest BCUT2D eigenvalue weighted by atomic mass is 35.5. The molecule has 0 bridgehead atoms. The molecule has 2 aromatic carbocycles. The number of hydrogen-bond donors (Lipinski definition) is 2. The van der Waals surface area contributed by atoms with E-state index >= 15 is 0 Å². The highest BCUT2D eigenvalue weighted by Crippen LogP contribution is 2.38. The predicted molar refractivity (Wildman–Crippen MR) is 139 cm³/mol. The molecule has 2 heterocycles. The normalized spacial score (nSPS) is 14.7. The highest BCUT2D eigenvalue weighted by Gasteiger charge is 2.25. The number of nitrogens with one attached hydrogen (secondary N) is 2. The molecule has 1 aliphatic carbocycles. The molecule has 1 aliphatic heterocycles. The first-order valence-corrected chi connectivity index (χ1v) is 11.9. The standard InChI is InChI=1S/C28H26ClN3O3/c1-17-26(4-3-12-30-17)35-13-11-18-5-10-23-25(14-18)32-28(33)21-8-6-19(15-24(21)31-23)20-7-9-22(29)27(16-20)34-2/h3-5,7,9-10,12,14-16,31H,6,8,11,13H2,1-2H3,(H,32,33). The van der Waals surface area contributed by atoms with Crippen molar-refractivity contribution in [2.24, 2.45) is 0 Å². The number of fused-ring (bicyclic) bond motifs is 1. The van der Waals surface area contributed by atoms with Crippen LogP contribution in [0.15, 0.2) is 72.1 Å². The Hall–Kier alpha value is -3.77. The van der Waals surface area contributed by atoms with Gasteiger partial charge in [0.25, 0.3) is 5.91 Å². The zero-order chi connectivity index (χ0) is 24.4. The topological polar surface area (TPSA) is 72.5 Å². The second kappa shape index (κ2) is 9.84. The van der Waals surface area contributed by atoms with Crippen LogP contribution in [0.1, 0.15) is 29.7 Å². The summed E-state index contributed by atoms with van der Waals surface area (Å²) in [5.74, 6) is 1.35. The van der Waals surface area contributed by atoms with Gasteiger partial charge in [0.1, 0.15) is 11.5 Å². The van der Waals surface area contributed by atoms with Gasteiger partial charge in [-0.2, -0.15) is 0 Å². The van der Waals surface area contributed by atoms with Gasteiger partial charge in [0.2, 0.25) is 0 Å². The number of carbonyl (C=O) groups excluding carboxylic acids is 1. The van der Waals surface area contributed by atoms with E-state index in [1.54, 1.807) is 13.3 Å². The first kappa shape index (κ1) is 23.0. The number of amides is 1. The summed E-state index contributed by atoms with van der Waals surface area (Å²) < 4.78 is 11.3. The van der Waals surface area contributed by atoms with E-state index < -0.39 is 0 Å². The SMILES string of the molecule is COc1cc(C2=CC3=C(CC2)C(=O)Nc2cc(CCOc4cccnc4C)ccc2N3)ccc1Cl. The summed E-state index contributed by atoms with van der Waals surface area (Å²) in [6.45, 7) is 2.45. The minimum absolute atomic E-state index is 0.0744. The molecule has 0 fully saturated rings. The van der Waals surface area contributed by atoms with E-state index in [1.165, 1.54) is 0 Å². The molecule has 2 aliphatic rings. The molecule has 0 atom stereocenters. The van der Waals surface area contributed by atoms with Gasteiger partial charge in [-0.15, -0.1) is 0 Å². The minimum Gasteiger partial charge on any atom is -0.495 e. The lowest BCUT2D eigenvalue weighted by molar-refractivity contribution is -0.113. The second-order valence-corrected chi connectivity index (χ2v) is 8.96. The molecule has 35 heavy (non-hydrogen) atoms. The van der Waals surface area contributed by atoms with Gasteiger partial charge in [0, 0.05) is 23.9 Å². The number of hydrogen-bond acceptors (Lipinski definition) is 5. The third kappa shape index (κ3) is 4.88. The number of aryl methyl sites for hydroxylation is 1. The molecule has 0 spiro atoms. The molecule has 0 unspecified atom stereocenters. The van der Waals surface area contributed by atoms with Gasteiger partial charge in [-0.25, -0.2) is 0 Å². The summed E-state index contributed by atoms with van der Waals surface area (Å²) in [5, 5.41) is 7.13. The monoisotopic (exact) mass is 487 g/mol. The molecule has 1 amide bonds. The average Bonchev–Trinajstić information content (AvgIpc) is 3.00. The number of nitrogens with zero attached hydrogens (tertiary/aromatic N) is 1. The molecule has 0 radical (unpaired) electrons. The van der Waals surface area contributed by atoms with Crippen molar-refractivity contribution in [2.45, 2.75) is 26.2 Å². The van der Waals surface area contributed by atoms with E-state index in [9.17, 15) is 4.79 Å². The molecule has 7 heteroatoms. The Bertz CT molecular complexity index is 1360. The average molecular weight is 488 g/mol. The van der Waals surface area contributed by atoms with Crippen LogP contribution in [0.2, 0.25) is 5.02 Å². The van der Waals surface area contributed by atoms with E-state index in [4.69, 9.17) is 21.1 Å². The van der Waals surface area contributed by atoms with Crippen molar-refractivity contribution in [3.63, 3.8) is 0 Å². The number of pyridine rings is 1. The summed E-state index contributed by atoms with van der Waals surface area (Å²) in [6.07, 6.45) is 5.92. The molecular formula is C28H26ClN3O3. The molecule has 178 valence electrons. The van der Waals surface area contributed by atoms with Crippen molar-refractivity contribution < 1.29 is 14.3 Å². The third-order valence-corrected chi connectivity index (χ3v) is 6.60. The summed E-state index contributed by atoms with van der Waals surface area (Å²) >= 11 is 6.20. The van der Waals surface area contributed by atoms with E-state index in [1.807, 2.05) is 55.5 Å². The predicted octanol–water partition coefficient (Wildman–Crippen LogP) is 6.17. The Kier molecular flexibility index (Phi) is 6.47. The van der Waals surface area contributed by atoms with Gasteiger partial charge in [-0.05, 0) is 78.9 Å². The Morgan fingerprint density at radius 2 is 1.91 bits per heavy atom. The molecule has 3 aromatic rings. The Morgan fingerprint density at radius 3 is 2.74 bits per heavy atom. The zero-order valence-electron chi connectivity index (χ0n) is 19.7. The van der Waals surface area contributed by atoms with Crippen molar-refractivity contribution in [1.29, 1.82) is 0 Å². The van der Waals surface area contributed by atoms with Crippen molar-refractivity contribution in [3.8, 4) is 11.5 Å². The number of rotatable bonds is 6. The van der Waals surface area contributed by atoms with Gasteiger partial charge in [0.15, 0.2) is 0 Å². The number of allylic oxidation sites excluding steroid dienone is 2. The molecule has 2 N–H and O–H groups in total. The first-order valence-electron chi connectivity index (χ1n) is 11.5. The lowest BCUT2D eigenvalue weighted by Gasteiger charge is -2.19. The van der Waals surface area contributed by atoms with E-state index in [2.05, 4.69) is 21.7 Å². The fraction of sp³-hybridized carbons (Fsp3) is 0.214.